The molecular weight excluding hydrogens is 420 g/mol. The molecule has 0 radical (unpaired) electrons. The smallest absolute Gasteiger partial charge is 0.408 e. The SMILES string of the molecule is CSCC[C@H](NC(=O)OC(C)(C)C)C(=O)[C@H](OC(=S)N1CCCC1)C1CCCCC1. The van der Waals surface area contributed by atoms with E-state index in [2.05, 4.69) is 10.2 Å². The Morgan fingerprint density at radius 3 is 2.33 bits per heavy atom. The first kappa shape index (κ1) is 25.2. The highest BCUT2D eigenvalue weighted by molar-refractivity contribution is 7.98. The average molecular weight is 459 g/mol. The van der Waals surface area contributed by atoms with Gasteiger partial charge in [0, 0.05) is 19.0 Å². The summed E-state index contributed by atoms with van der Waals surface area (Å²) in [6, 6.07) is -0.638. The van der Waals surface area contributed by atoms with Crippen LogP contribution in [0.3, 0.4) is 0 Å². The van der Waals surface area contributed by atoms with Gasteiger partial charge in [0.1, 0.15) is 5.60 Å². The lowest BCUT2D eigenvalue weighted by Gasteiger charge is -2.34. The molecule has 172 valence electrons. The molecule has 1 heterocycles. The molecule has 1 amide bonds. The fourth-order valence-corrected chi connectivity index (χ4v) is 4.83. The molecule has 8 heteroatoms. The van der Waals surface area contributed by atoms with Crippen molar-refractivity contribution in [2.24, 2.45) is 5.92 Å². The van der Waals surface area contributed by atoms with Crippen molar-refractivity contribution in [1.29, 1.82) is 0 Å². The van der Waals surface area contributed by atoms with Crippen LogP contribution in [0.15, 0.2) is 0 Å². The zero-order chi connectivity index (χ0) is 22.1. The van der Waals surface area contributed by atoms with Crippen LogP contribution in [0.4, 0.5) is 4.79 Å². The van der Waals surface area contributed by atoms with Crippen molar-refractivity contribution >= 4 is 41.0 Å². The summed E-state index contributed by atoms with van der Waals surface area (Å²) in [7, 11) is 0. The molecule has 2 atom stereocenters. The van der Waals surface area contributed by atoms with Gasteiger partial charge >= 0.3 is 6.09 Å². The Hall–Kier alpha value is -1.02. The highest BCUT2D eigenvalue weighted by Gasteiger charge is 2.38. The number of hydrogen-bond acceptors (Lipinski definition) is 6. The Balaban J connectivity index is 2.14. The number of hydrogen-bond donors (Lipinski definition) is 1. The second-order valence-electron chi connectivity index (χ2n) is 9.28. The second kappa shape index (κ2) is 12.1. The summed E-state index contributed by atoms with van der Waals surface area (Å²) in [6.45, 7) is 7.21. The second-order valence-corrected chi connectivity index (χ2v) is 10.6. The molecule has 2 fully saturated rings. The van der Waals surface area contributed by atoms with E-state index in [4.69, 9.17) is 21.7 Å². The summed E-state index contributed by atoms with van der Waals surface area (Å²) in [5.41, 5.74) is -0.617. The predicted octanol–water partition coefficient (Wildman–Crippen LogP) is 4.55. The maximum Gasteiger partial charge on any atom is 0.408 e. The molecule has 1 aliphatic carbocycles. The Morgan fingerprint density at radius 2 is 1.77 bits per heavy atom. The topological polar surface area (TPSA) is 67.9 Å². The first-order chi connectivity index (χ1) is 14.2. The largest absolute Gasteiger partial charge is 0.459 e. The number of carbonyl (C=O) groups is 2. The van der Waals surface area contributed by atoms with Crippen molar-refractivity contribution in [3.8, 4) is 0 Å². The number of alkyl carbamates (subject to hydrolysis) is 1. The summed E-state index contributed by atoms with van der Waals surface area (Å²) in [6.07, 6.45) is 8.87. The molecule has 0 bridgehead atoms. The van der Waals surface area contributed by atoms with E-state index in [1.54, 1.807) is 11.8 Å². The number of nitrogens with one attached hydrogen (secondary N) is 1. The van der Waals surface area contributed by atoms with Gasteiger partial charge in [0.25, 0.3) is 5.17 Å². The molecule has 0 aromatic carbocycles. The van der Waals surface area contributed by atoms with Crippen LogP contribution < -0.4 is 5.32 Å². The number of amides is 1. The van der Waals surface area contributed by atoms with E-state index in [1.807, 2.05) is 27.0 Å². The highest BCUT2D eigenvalue weighted by Crippen LogP contribution is 2.30. The van der Waals surface area contributed by atoms with Gasteiger partial charge in [-0.2, -0.15) is 11.8 Å². The Bertz CT molecular complexity index is 582. The minimum atomic E-state index is -0.638. The van der Waals surface area contributed by atoms with Gasteiger partial charge in [-0.15, -0.1) is 0 Å². The van der Waals surface area contributed by atoms with Crippen molar-refractivity contribution in [1.82, 2.24) is 10.2 Å². The van der Waals surface area contributed by atoms with Crippen molar-refractivity contribution in [2.75, 3.05) is 25.1 Å². The van der Waals surface area contributed by atoms with E-state index < -0.39 is 23.8 Å². The lowest BCUT2D eigenvalue weighted by molar-refractivity contribution is -0.132. The zero-order valence-electron chi connectivity index (χ0n) is 18.9. The summed E-state index contributed by atoms with van der Waals surface area (Å²) >= 11 is 7.20. The van der Waals surface area contributed by atoms with Gasteiger partial charge in [0.2, 0.25) is 0 Å². The van der Waals surface area contributed by atoms with Crippen molar-refractivity contribution < 1.29 is 19.1 Å². The van der Waals surface area contributed by atoms with E-state index >= 15 is 0 Å². The maximum atomic E-state index is 13.6. The number of nitrogens with zero attached hydrogens (tertiary/aromatic N) is 1. The number of Topliss-reactive ketones (excluding diaryl/α,β-unsaturated/α-hetero) is 1. The minimum absolute atomic E-state index is 0.0802. The lowest BCUT2D eigenvalue weighted by atomic mass is 9.82. The van der Waals surface area contributed by atoms with Gasteiger partial charge in [0.05, 0.1) is 6.04 Å². The number of thioether (sulfide) groups is 1. The zero-order valence-corrected chi connectivity index (χ0v) is 20.5. The van der Waals surface area contributed by atoms with Crippen LogP contribution in [0.5, 0.6) is 0 Å². The third kappa shape index (κ3) is 8.25. The molecular formula is C22H38N2O4S2. The van der Waals surface area contributed by atoms with E-state index in [-0.39, 0.29) is 11.7 Å². The van der Waals surface area contributed by atoms with E-state index in [0.29, 0.717) is 11.6 Å². The summed E-state index contributed by atoms with van der Waals surface area (Å²) < 4.78 is 11.6. The molecule has 1 saturated heterocycles. The van der Waals surface area contributed by atoms with Gasteiger partial charge in [-0.05, 0) is 77.1 Å². The fraction of sp³-hybridized carbons (Fsp3) is 0.864. The number of ketones is 1. The van der Waals surface area contributed by atoms with Crippen LogP contribution in [0, 0.1) is 5.92 Å². The number of carbonyl (C=O) groups excluding carboxylic acids is 2. The molecule has 0 aromatic heterocycles. The Labute approximate surface area is 191 Å². The molecule has 6 nitrogen and oxygen atoms in total. The normalized spacial score (nSPS) is 19.8. The van der Waals surface area contributed by atoms with E-state index in [0.717, 1.165) is 57.4 Å². The molecule has 0 aromatic rings. The number of ether oxygens (including phenoxy) is 2. The van der Waals surface area contributed by atoms with Crippen molar-refractivity contribution in [3.63, 3.8) is 0 Å². The predicted molar refractivity (Wildman–Crippen MR) is 126 cm³/mol. The molecule has 1 aliphatic heterocycles. The number of rotatable bonds is 8. The molecule has 2 rings (SSSR count). The third-order valence-electron chi connectivity index (χ3n) is 5.60. The molecule has 2 aliphatic rings. The number of likely N-dealkylation sites (tertiary alicyclic amines) is 1. The van der Waals surface area contributed by atoms with Crippen LogP contribution in [0.1, 0.15) is 72.1 Å². The van der Waals surface area contributed by atoms with E-state index in [9.17, 15) is 9.59 Å². The van der Waals surface area contributed by atoms with Gasteiger partial charge in [0.15, 0.2) is 11.9 Å². The molecule has 1 saturated carbocycles. The molecule has 0 spiro atoms. The van der Waals surface area contributed by atoms with Gasteiger partial charge in [-0.3, -0.25) is 4.79 Å². The van der Waals surface area contributed by atoms with Gasteiger partial charge in [-0.1, -0.05) is 19.3 Å². The van der Waals surface area contributed by atoms with Crippen LogP contribution in [-0.4, -0.2) is 64.8 Å². The third-order valence-corrected chi connectivity index (χ3v) is 6.59. The molecule has 1 N–H and O–H groups in total. The Morgan fingerprint density at radius 1 is 1.13 bits per heavy atom. The van der Waals surface area contributed by atoms with Crippen molar-refractivity contribution in [2.45, 2.75) is 89.9 Å². The maximum absolute atomic E-state index is 13.6. The summed E-state index contributed by atoms with van der Waals surface area (Å²) in [4.78, 5) is 28.1. The standard InChI is InChI=1S/C22H38N2O4S2/c1-22(2,3)28-20(26)23-17(12-15-30-4)18(25)19(16-10-6-5-7-11-16)27-21(29)24-13-8-9-14-24/h16-17,19H,5-15H2,1-4H3,(H,23,26)/t17-,19+/m0/s1. The van der Waals surface area contributed by atoms with E-state index in [1.165, 1.54) is 6.42 Å². The molecule has 0 unspecified atom stereocenters. The average Bonchev–Trinajstić information content (AvgIpc) is 3.23. The number of thiocarbonyl (C=S) groups is 1. The summed E-state index contributed by atoms with van der Waals surface area (Å²) in [5.74, 6) is 0.826. The van der Waals surface area contributed by atoms with Crippen LogP contribution in [0.25, 0.3) is 0 Å². The first-order valence-electron chi connectivity index (χ1n) is 11.2. The fourth-order valence-electron chi connectivity index (χ4n) is 4.08. The monoisotopic (exact) mass is 458 g/mol. The summed E-state index contributed by atoms with van der Waals surface area (Å²) in [5, 5.41) is 3.24. The van der Waals surface area contributed by atoms with Crippen molar-refractivity contribution in [3.05, 3.63) is 0 Å². The van der Waals surface area contributed by atoms with Crippen LogP contribution in [0.2, 0.25) is 0 Å². The molecule has 30 heavy (non-hydrogen) atoms. The van der Waals surface area contributed by atoms with Crippen LogP contribution in [-0.2, 0) is 14.3 Å². The minimum Gasteiger partial charge on any atom is -0.459 e. The Kier molecular flexibility index (Phi) is 10.2. The lowest BCUT2D eigenvalue weighted by Crippen LogP contribution is -2.51. The van der Waals surface area contributed by atoms with Gasteiger partial charge < -0.3 is 19.7 Å². The quantitative estimate of drug-likeness (QED) is 0.535. The first-order valence-corrected chi connectivity index (χ1v) is 13.0. The highest BCUT2D eigenvalue weighted by atomic mass is 32.2. The van der Waals surface area contributed by atoms with Gasteiger partial charge in [-0.25, -0.2) is 4.79 Å². The van der Waals surface area contributed by atoms with Crippen LogP contribution >= 0.6 is 24.0 Å².